The Balaban J connectivity index is 1.72. The van der Waals surface area contributed by atoms with E-state index >= 15 is 0 Å². The van der Waals surface area contributed by atoms with Crippen LogP contribution >= 0.6 is 0 Å². The number of hydrogen-bond donors (Lipinski definition) is 1. The lowest BCUT2D eigenvalue weighted by Crippen LogP contribution is -2.56. The second kappa shape index (κ2) is 7.36. The lowest BCUT2D eigenvalue weighted by atomic mass is 10.1. The largest absolute Gasteiger partial charge is 0.497 e. The molecule has 1 heterocycles. The van der Waals surface area contributed by atoms with Gasteiger partial charge >= 0.3 is 5.97 Å². The van der Waals surface area contributed by atoms with E-state index in [0.717, 1.165) is 24.5 Å². The molecule has 1 N–H and O–H groups in total. The molecule has 1 fully saturated rings. The molecule has 0 aromatic heterocycles. The number of anilines is 1. The average molecular weight is 326 g/mol. The van der Waals surface area contributed by atoms with Gasteiger partial charge in [-0.05, 0) is 29.8 Å². The molecule has 0 unspecified atom stereocenters. The summed E-state index contributed by atoms with van der Waals surface area (Å²) in [7, 11) is 1.62. The Bertz CT molecular complexity index is 673. The van der Waals surface area contributed by atoms with E-state index in [1.807, 2.05) is 47.4 Å². The summed E-state index contributed by atoms with van der Waals surface area (Å²) < 4.78 is 5.17. The first-order chi connectivity index (χ1) is 11.7. The van der Waals surface area contributed by atoms with Crippen LogP contribution in [-0.2, 0) is 11.3 Å². The smallest absolute Gasteiger partial charge is 0.327 e. The molecular weight excluding hydrogens is 304 g/mol. The van der Waals surface area contributed by atoms with Crippen molar-refractivity contribution in [3.05, 3.63) is 60.2 Å². The van der Waals surface area contributed by atoms with Crippen LogP contribution in [0.4, 0.5) is 5.69 Å². The molecule has 24 heavy (non-hydrogen) atoms. The Kier molecular flexibility index (Phi) is 5.01. The van der Waals surface area contributed by atoms with Crippen molar-refractivity contribution in [3.8, 4) is 5.75 Å². The highest BCUT2D eigenvalue weighted by Gasteiger charge is 2.32. The number of hydrogen-bond acceptors (Lipinski definition) is 4. The van der Waals surface area contributed by atoms with E-state index in [1.165, 1.54) is 5.56 Å². The molecule has 3 rings (SSSR count). The molecule has 2 aromatic carbocycles. The van der Waals surface area contributed by atoms with Crippen LogP contribution in [-0.4, -0.2) is 48.8 Å². The van der Waals surface area contributed by atoms with E-state index in [9.17, 15) is 9.90 Å². The van der Waals surface area contributed by atoms with E-state index < -0.39 is 12.0 Å². The van der Waals surface area contributed by atoms with Gasteiger partial charge in [0.1, 0.15) is 11.8 Å². The topological polar surface area (TPSA) is 53.0 Å². The number of nitrogens with zero attached hydrogens (tertiary/aromatic N) is 2. The Morgan fingerprint density at radius 3 is 2.46 bits per heavy atom. The predicted molar refractivity (Wildman–Crippen MR) is 93.5 cm³/mol. The zero-order chi connectivity index (χ0) is 16.9. The third-order valence-corrected chi connectivity index (χ3v) is 4.40. The summed E-state index contributed by atoms with van der Waals surface area (Å²) in [6, 6.07) is 17.2. The quantitative estimate of drug-likeness (QED) is 0.915. The van der Waals surface area contributed by atoms with Gasteiger partial charge in [0.15, 0.2) is 0 Å². The molecule has 1 aliphatic heterocycles. The number of carboxylic acid groups (broad SMARTS) is 1. The number of carboxylic acids is 1. The van der Waals surface area contributed by atoms with E-state index in [0.29, 0.717) is 13.1 Å². The highest BCUT2D eigenvalue weighted by Crippen LogP contribution is 2.24. The van der Waals surface area contributed by atoms with Crippen molar-refractivity contribution in [2.75, 3.05) is 31.6 Å². The van der Waals surface area contributed by atoms with Gasteiger partial charge in [0.25, 0.3) is 0 Å². The summed E-state index contributed by atoms with van der Waals surface area (Å²) >= 11 is 0. The molecule has 0 spiro atoms. The minimum Gasteiger partial charge on any atom is -0.497 e. The van der Waals surface area contributed by atoms with Gasteiger partial charge < -0.3 is 14.7 Å². The fraction of sp³-hybridized carbons (Fsp3) is 0.316. The van der Waals surface area contributed by atoms with E-state index in [4.69, 9.17) is 4.74 Å². The van der Waals surface area contributed by atoms with Crippen molar-refractivity contribution in [1.29, 1.82) is 0 Å². The second-order valence-corrected chi connectivity index (χ2v) is 5.97. The Labute approximate surface area is 142 Å². The predicted octanol–water partition coefficient (Wildman–Crippen LogP) is 2.47. The minimum atomic E-state index is -0.788. The molecule has 5 heteroatoms. The zero-order valence-corrected chi connectivity index (χ0v) is 13.8. The Morgan fingerprint density at radius 2 is 1.83 bits per heavy atom. The number of piperazine rings is 1. The zero-order valence-electron chi connectivity index (χ0n) is 13.8. The van der Waals surface area contributed by atoms with Crippen LogP contribution in [0.2, 0.25) is 0 Å². The van der Waals surface area contributed by atoms with E-state index in [2.05, 4.69) is 17.0 Å². The number of rotatable bonds is 5. The molecule has 0 bridgehead atoms. The lowest BCUT2D eigenvalue weighted by Gasteiger charge is -2.40. The number of carbonyl (C=O) groups is 1. The molecule has 0 amide bonds. The summed E-state index contributed by atoms with van der Waals surface area (Å²) in [5, 5.41) is 9.66. The van der Waals surface area contributed by atoms with Crippen molar-refractivity contribution in [2.24, 2.45) is 0 Å². The van der Waals surface area contributed by atoms with Crippen molar-refractivity contribution in [2.45, 2.75) is 12.6 Å². The van der Waals surface area contributed by atoms with Gasteiger partial charge in [0.05, 0.1) is 7.11 Å². The molecular formula is C19H22N2O3. The first kappa shape index (κ1) is 16.3. The molecule has 0 aliphatic carbocycles. The monoisotopic (exact) mass is 326 g/mol. The summed E-state index contributed by atoms with van der Waals surface area (Å²) in [5.41, 5.74) is 2.13. The molecule has 1 aliphatic rings. The first-order valence-corrected chi connectivity index (χ1v) is 8.07. The standard InChI is InChI=1S/C19H22N2O3/c1-24-17-9-7-16(8-10-17)21-12-11-20(14-18(21)19(22)23)13-15-5-3-2-4-6-15/h2-10,18H,11-14H2,1H3,(H,22,23)/t18-/m1/s1. The maximum Gasteiger partial charge on any atom is 0.327 e. The summed E-state index contributed by atoms with van der Waals surface area (Å²) in [6.45, 7) is 2.82. The van der Waals surface area contributed by atoms with Crippen molar-refractivity contribution < 1.29 is 14.6 Å². The van der Waals surface area contributed by atoms with Gasteiger partial charge in [-0.2, -0.15) is 0 Å². The normalized spacial score (nSPS) is 18.4. The summed E-state index contributed by atoms with van der Waals surface area (Å²) in [4.78, 5) is 15.9. The fourth-order valence-electron chi connectivity index (χ4n) is 3.12. The van der Waals surface area contributed by atoms with Gasteiger partial charge in [-0.3, -0.25) is 4.90 Å². The molecule has 126 valence electrons. The number of ether oxygens (including phenoxy) is 1. The summed E-state index contributed by atoms with van der Waals surface area (Å²) in [6.07, 6.45) is 0. The minimum absolute atomic E-state index is 0.510. The maximum atomic E-state index is 11.8. The van der Waals surface area contributed by atoms with Crippen molar-refractivity contribution >= 4 is 11.7 Å². The van der Waals surface area contributed by atoms with Crippen LogP contribution in [0.3, 0.4) is 0 Å². The highest BCUT2D eigenvalue weighted by molar-refractivity contribution is 5.79. The van der Waals surface area contributed by atoms with Gasteiger partial charge in [0, 0.05) is 31.9 Å². The number of methoxy groups -OCH3 is 1. The van der Waals surface area contributed by atoms with Crippen LogP contribution in [0.5, 0.6) is 5.75 Å². The van der Waals surface area contributed by atoms with Gasteiger partial charge in [-0.1, -0.05) is 30.3 Å². The molecule has 2 aromatic rings. The van der Waals surface area contributed by atoms with E-state index in [-0.39, 0.29) is 0 Å². The average Bonchev–Trinajstić information content (AvgIpc) is 2.62. The van der Waals surface area contributed by atoms with E-state index in [1.54, 1.807) is 7.11 Å². The lowest BCUT2D eigenvalue weighted by molar-refractivity contribution is -0.139. The third kappa shape index (κ3) is 3.68. The fourth-order valence-corrected chi connectivity index (χ4v) is 3.12. The van der Waals surface area contributed by atoms with Crippen molar-refractivity contribution in [3.63, 3.8) is 0 Å². The number of aliphatic carboxylic acids is 1. The number of benzene rings is 2. The molecule has 0 radical (unpaired) electrons. The molecule has 5 nitrogen and oxygen atoms in total. The first-order valence-electron chi connectivity index (χ1n) is 8.07. The maximum absolute atomic E-state index is 11.8. The third-order valence-electron chi connectivity index (χ3n) is 4.40. The summed E-state index contributed by atoms with van der Waals surface area (Å²) in [5.74, 6) is -0.0167. The Morgan fingerprint density at radius 1 is 1.12 bits per heavy atom. The van der Waals surface area contributed by atoms with Gasteiger partial charge in [-0.25, -0.2) is 4.79 Å². The van der Waals surface area contributed by atoms with Crippen LogP contribution < -0.4 is 9.64 Å². The second-order valence-electron chi connectivity index (χ2n) is 5.97. The van der Waals surface area contributed by atoms with Crippen molar-refractivity contribution in [1.82, 2.24) is 4.90 Å². The van der Waals surface area contributed by atoms with Crippen LogP contribution in [0.25, 0.3) is 0 Å². The van der Waals surface area contributed by atoms with Crippen LogP contribution in [0.15, 0.2) is 54.6 Å². The van der Waals surface area contributed by atoms with Gasteiger partial charge in [-0.15, -0.1) is 0 Å². The van der Waals surface area contributed by atoms with Gasteiger partial charge in [0.2, 0.25) is 0 Å². The van der Waals surface area contributed by atoms with Crippen LogP contribution in [0, 0.1) is 0 Å². The molecule has 1 saturated heterocycles. The van der Waals surface area contributed by atoms with Crippen LogP contribution in [0.1, 0.15) is 5.56 Å². The Hall–Kier alpha value is -2.53. The molecule has 0 saturated carbocycles. The molecule has 1 atom stereocenters. The SMILES string of the molecule is COc1ccc(N2CCN(Cc3ccccc3)C[C@@H]2C(=O)O)cc1. The highest BCUT2D eigenvalue weighted by atomic mass is 16.5.